The minimum absolute atomic E-state index is 0.120. The summed E-state index contributed by atoms with van der Waals surface area (Å²) in [5.74, 6) is 0.863. The van der Waals surface area contributed by atoms with Gasteiger partial charge in [-0.25, -0.2) is 0 Å². The standard InChI is InChI=1S/C22H19N3O/c23-11-16-8-9-21(19-5-2-1-4-18(16)19)24-12-15-10-17(14-24)20-6-3-7-22(26)25(20)13-15/h1-9,15,17H,10,12-14H2. The van der Waals surface area contributed by atoms with E-state index in [0.29, 0.717) is 11.8 Å². The van der Waals surface area contributed by atoms with Crippen LogP contribution in [-0.4, -0.2) is 17.7 Å². The molecule has 0 saturated carbocycles. The van der Waals surface area contributed by atoms with Gasteiger partial charge in [0.1, 0.15) is 0 Å². The molecule has 2 aliphatic heterocycles. The van der Waals surface area contributed by atoms with Gasteiger partial charge in [-0.15, -0.1) is 0 Å². The lowest BCUT2D eigenvalue weighted by Crippen LogP contribution is -2.47. The molecule has 128 valence electrons. The Labute approximate surface area is 151 Å². The maximum Gasteiger partial charge on any atom is 0.250 e. The average molecular weight is 341 g/mol. The summed E-state index contributed by atoms with van der Waals surface area (Å²) in [4.78, 5) is 14.7. The smallest absolute Gasteiger partial charge is 0.250 e. The van der Waals surface area contributed by atoms with E-state index >= 15 is 0 Å². The summed E-state index contributed by atoms with van der Waals surface area (Å²) >= 11 is 0. The fourth-order valence-electron chi connectivity index (χ4n) is 4.75. The molecule has 1 saturated heterocycles. The van der Waals surface area contributed by atoms with Crippen molar-refractivity contribution in [3.63, 3.8) is 0 Å². The number of fused-ring (bicyclic) bond motifs is 5. The summed E-state index contributed by atoms with van der Waals surface area (Å²) in [6.45, 7) is 2.67. The van der Waals surface area contributed by atoms with Crippen LogP contribution >= 0.6 is 0 Å². The monoisotopic (exact) mass is 341 g/mol. The molecule has 2 unspecified atom stereocenters. The highest BCUT2D eigenvalue weighted by Crippen LogP contribution is 2.39. The molecule has 4 heteroatoms. The first-order valence-corrected chi connectivity index (χ1v) is 9.11. The Hall–Kier alpha value is -3.06. The number of benzene rings is 2. The summed E-state index contributed by atoms with van der Waals surface area (Å²) in [7, 11) is 0. The minimum Gasteiger partial charge on any atom is -0.370 e. The van der Waals surface area contributed by atoms with Gasteiger partial charge in [0, 0.05) is 53.8 Å². The van der Waals surface area contributed by atoms with Crippen LogP contribution in [0.3, 0.4) is 0 Å². The van der Waals surface area contributed by atoms with Gasteiger partial charge in [0.25, 0.3) is 5.56 Å². The molecular weight excluding hydrogens is 322 g/mol. The van der Waals surface area contributed by atoms with Crippen molar-refractivity contribution in [3.8, 4) is 6.07 Å². The van der Waals surface area contributed by atoms with Crippen molar-refractivity contribution in [3.05, 3.63) is 76.2 Å². The normalized spacial score (nSPS) is 21.3. The number of anilines is 1. The van der Waals surface area contributed by atoms with Crippen LogP contribution in [-0.2, 0) is 6.54 Å². The molecule has 2 aliphatic rings. The van der Waals surface area contributed by atoms with E-state index in [9.17, 15) is 10.1 Å². The zero-order valence-electron chi connectivity index (χ0n) is 14.4. The van der Waals surface area contributed by atoms with Crippen molar-refractivity contribution >= 4 is 16.5 Å². The molecule has 0 aliphatic carbocycles. The first-order chi connectivity index (χ1) is 12.7. The van der Waals surface area contributed by atoms with E-state index in [4.69, 9.17) is 0 Å². The summed E-state index contributed by atoms with van der Waals surface area (Å²) in [5, 5.41) is 11.6. The number of piperidine rings is 1. The zero-order valence-corrected chi connectivity index (χ0v) is 14.4. The van der Waals surface area contributed by atoms with Gasteiger partial charge in [0.15, 0.2) is 0 Å². The van der Waals surface area contributed by atoms with Crippen molar-refractivity contribution < 1.29 is 0 Å². The maximum absolute atomic E-state index is 12.2. The minimum atomic E-state index is 0.120. The molecule has 0 amide bonds. The molecule has 0 N–H and O–H groups in total. The molecule has 3 heterocycles. The Kier molecular flexibility index (Phi) is 3.36. The SMILES string of the molecule is N#Cc1ccc(N2CC3CC(C2)c2cccc(=O)n2C3)c2ccccc12. The Balaban J connectivity index is 1.59. The molecule has 0 radical (unpaired) electrons. The van der Waals surface area contributed by atoms with E-state index in [1.807, 2.05) is 34.9 Å². The third-order valence-electron chi connectivity index (χ3n) is 5.84. The average Bonchev–Trinajstić information content (AvgIpc) is 2.68. The van der Waals surface area contributed by atoms with Crippen LogP contribution in [0.1, 0.15) is 23.6 Å². The third-order valence-corrected chi connectivity index (χ3v) is 5.84. The lowest BCUT2D eigenvalue weighted by molar-refractivity contribution is 0.282. The quantitative estimate of drug-likeness (QED) is 0.681. The molecular formula is C22H19N3O. The number of hydrogen-bond donors (Lipinski definition) is 0. The van der Waals surface area contributed by atoms with Crippen molar-refractivity contribution in [2.45, 2.75) is 18.9 Å². The third kappa shape index (κ3) is 2.24. The van der Waals surface area contributed by atoms with Crippen LogP contribution in [0.25, 0.3) is 10.8 Å². The second-order valence-electron chi connectivity index (χ2n) is 7.39. The van der Waals surface area contributed by atoms with Gasteiger partial charge in [-0.1, -0.05) is 30.3 Å². The van der Waals surface area contributed by atoms with Crippen LogP contribution in [0, 0.1) is 17.2 Å². The molecule has 0 spiro atoms. The van der Waals surface area contributed by atoms with Crippen molar-refractivity contribution in [2.75, 3.05) is 18.0 Å². The van der Waals surface area contributed by atoms with Gasteiger partial charge in [0.2, 0.25) is 0 Å². The predicted molar refractivity (Wildman–Crippen MR) is 102 cm³/mol. The maximum atomic E-state index is 12.2. The fraction of sp³-hybridized carbons (Fsp3) is 0.273. The molecule has 26 heavy (non-hydrogen) atoms. The van der Waals surface area contributed by atoms with E-state index in [0.717, 1.165) is 48.1 Å². The number of nitriles is 1. The molecule has 2 atom stereocenters. The molecule has 5 rings (SSSR count). The first-order valence-electron chi connectivity index (χ1n) is 9.11. The highest BCUT2D eigenvalue weighted by Gasteiger charge is 2.35. The largest absolute Gasteiger partial charge is 0.370 e. The van der Waals surface area contributed by atoms with E-state index in [1.54, 1.807) is 6.07 Å². The van der Waals surface area contributed by atoms with Gasteiger partial charge in [-0.3, -0.25) is 4.79 Å². The number of aromatic nitrogens is 1. The van der Waals surface area contributed by atoms with Crippen molar-refractivity contribution in [1.82, 2.24) is 4.57 Å². The van der Waals surface area contributed by atoms with E-state index in [-0.39, 0.29) is 5.56 Å². The van der Waals surface area contributed by atoms with E-state index in [1.165, 1.54) is 5.69 Å². The Morgan fingerprint density at radius 2 is 1.77 bits per heavy atom. The Bertz CT molecular complexity index is 1110. The molecule has 4 nitrogen and oxygen atoms in total. The molecule has 2 aromatic carbocycles. The number of hydrogen-bond acceptors (Lipinski definition) is 3. The summed E-state index contributed by atoms with van der Waals surface area (Å²) in [6.07, 6.45) is 1.15. The van der Waals surface area contributed by atoms with Crippen LogP contribution in [0.4, 0.5) is 5.69 Å². The summed E-state index contributed by atoms with van der Waals surface area (Å²) < 4.78 is 1.97. The van der Waals surface area contributed by atoms with Gasteiger partial charge in [0.05, 0.1) is 11.6 Å². The van der Waals surface area contributed by atoms with Crippen LogP contribution < -0.4 is 10.5 Å². The second-order valence-corrected chi connectivity index (χ2v) is 7.39. The lowest BCUT2D eigenvalue weighted by atomic mass is 9.82. The van der Waals surface area contributed by atoms with Gasteiger partial charge in [-0.05, 0) is 30.5 Å². The molecule has 2 bridgehead atoms. The summed E-state index contributed by atoms with van der Waals surface area (Å²) in [5.41, 5.74) is 3.20. The van der Waals surface area contributed by atoms with E-state index in [2.05, 4.69) is 29.2 Å². The number of nitrogens with zero attached hydrogens (tertiary/aromatic N) is 3. The van der Waals surface area contributed by atoms with Gasteiger partial charge < -0.3 is 9.47 Å². The van der Waals surface area contributed by atoms with Gasteiger partial charge in [-0.2, -0.15) is 5.26 Å². The predicted octanol–water partition coefficient (Wildman–Crippen LogP) is 3.50. The lowest BCUT2D eigenvalue weighted by Gasteiger charge is -2.44. The molecule has 1 fully saturated rings. The number of pyridine rings is 1. The molecule has 3 aromatic rings. The zero-order chi connectivity index (χ0) is 17.7. The Morgan fingerprint density at radius 1 is 0.923 bits per heavy atom. The van der Waals surface area contributed by atoms with E-state index < -0.39 is 0 Å². The Morgan fingerprint density at radius 3 is 2.62 bits per heavy atom. The fourth-order valence-corrected chi connectivity index (χ4v) is 4.75. The van der Waals surface area contributed by atoms with Crippen LogP contribution in [0.15, 0.2) is 59.4 Å². The van der Waals surface area contributed by atoms with Crippen LogP contribution in [0.5, 0.6) is 0 Å². The van der Waals surface area contributed by atoms with Crippen molar-refractivity contribution in [1.29, 1.82) is 5.26 Å². The number of rotatable bonds is 1. The first kappa shape index (κ1) is 15.2. The second kappa shape index (κ2) is 5.74. The summed E-state index contributed by atoms with van der Waals surface area (Å²) in [6, 6.07) is 20.1. The topological polar surface area (TPSA) is 49.0 Å². The molecule has 1 aromatic heterocycles. The van der Waals surface area contributed by atoms with Gasteiger partial charge >= 0.3 is 0 Å². The highest BCUT2D eigenvalue weighted by atomic mass is 16.1. The highest BCUT2D eigenvalue weighted by molar-refractivity contribution is 5.97. The van der Waals surface area contributed by atoms with Crippen LogP contribution in [0.2, 0.25) is 0 Å². The van der Waals surface area contributed by atoms with Crippen molar-refractivity contribution in [2.24, 2.45) is 5.92 Å².